The van der Waals surface area contributed by atoms with Gasteiger partial charge in [-0.2, -0.15) is 0 Å². The highest BCUT2D eigenvalue weighted by molar-refractivity contribution is 5.78. The first-order chi connectivity index (χ1) is 10.2. The first-order valence-electron chi connectivity index (χ1n) is 6.35. The molecule has 22 heavy (non-hydrogen) atoms. The van der Waals surface area contributed by atoms with Gasteiger partial charge < -0.3 is 45.8 Å². The number of aliphatic hydroxyl groups excluding tert-OH is 5. The summed E-state index contributed by atoms with van der Waals surface area (Å²) < 4.78 is 4.83. The van der Waals surface area contributed by atoms with E-state index < -0.39 is 67.8 Å². The molecule has 4 unspecified atom stereocenters. The summed E-state index contributed by atoms with van der Waals surface area (Å²) in [6.45, 7) is -1.86. The van der Waals surface area contributed by atoms with Gasteiger partial charge in [0.05, 0.1) is 18.8 Å². The zero-order valence-corrected chi connectivity index (χ0v) is 11.4. The smallest absolute Gasteiger partial charge is 0.364 e. The highest BCUT2D eigenvalue weighted by Gasteiger charge is 2.53. The van der Waals surface area contributed by atoms with E-state index in [1.807, 2.05) is 0 Å². The normalized spacial score (nSPS) is 34.7. The standard InChI is InChI=1S/C11H19NO10/c13-2-5(16)8(18)9-7(12-6(17)3-14)4(15)1-11(21,22-9)10(19)20/h4-5,7-9,13-16,18,21H,1-3H2,(H,12,17)(H,19,20)/t4?,5-,7?,8+,9?,11?/m1/s1. The molecule has 0 aromatic carbocycles. The van der Waals surface area contributed by atoms with Crippen molar-refractivity contribution in [2.24, 2.45) is 0 Å². The van der Waals surface area contributed by atoms with Crippen LogP contribution in [0.5, 0.6) is 0 Å². The first kappa shape index (κ1) is 18.7. The molecule has 0 saturated carbocycles. The molecule has 11 heteroatoms. The molecule has 0 aromatic heterocycles. The van der Waals surface area contributed by atoms with Gasteiger partial charge in [-0.25, -0.2) is 4.79 Å². The number of nitrogens with one attached hydrogen (secondary N) is 1. The van der Waals surface area contributed by atoms with Gasteiger partial charge in [0.1, 0.15) is 24.9 Å². The van der Waals surface area contributed by atoms with Crippen molar-refractivity contribution in [3.63, 3.8) is 0 Å². The SMILES string of the molecule is O=C(CO)NC1C(O)CC(O)(C(=O)O)OC1[C@@H](O)[C@H](O)CO. The monoisotopic (exact) mass is 325 g/mol. The van der Waals surface area contributed by atoms with Crippen LogP contribution in [0.15, 0.2) is 0 Å². The largest absolute Gasteiger partial charge is 0.477 e. The van der Waals surface area contributed by atoms with Gasteiger partial charge in [0, 0.05) is 6.42 Å². The minimum absolute atomic E-state index is 0.822. The van der Waals surface area contributed by atoms with Gasteiger partial charge in [0.2, 0.25) is 5.91 Å². The summed E-state index contributed by atoms with van der Waals surface area (Å²) in [5.41, 5.74) is 0. The van der Waals surface area contributed by atoms with Crippen molar-refractivity contribution in [3.8, 4) is 0 Å². The average molecular weight is 325 g/mol. The fraction of sp³-hybridized carbons (Fsp3) is 0.818. The van der Waals surface area contributed by atoms with Gasteiger partial charge in [0.25, 0.3) is 5.79 Å². The number of carbonyl (C=O) groups is 2. The van der Waals surface area contributed by atoms with E-state index in [-0.39, 0.29) is 0 Å². The number of hydrogen-bond donors (Lipinski definition) is 8. The molecule has 1 aliphatic rings. The Morgan fingerprint density at radius 1 is 1.32 bits per heavy atom. The molecule has 0 aliphatic carbocycles. The Morgan fingerprint density at radius 3 is 2.36 bits per heavy atom. The highest BCUT2D eigenvalue weighted by Crippen LogP contribution is 2.30. The van der Waals surface area contributed by atoms with Crippen LogP contribution in [0.3, 0.4) is 0 Å². The van der Waals surface area contributed by atoms with Gasteiger partial charge >= 0.3 is 5.97 Å². The summed E-state index contributed by atoms with van der Waals surface area (Å²) in [4.78, 5) is 22.2. The molecule has 0 bridgehead atoms. The third-order valence-corrected chi connectivity index (χ3v) is 3.31. The fourth-order valence-corrected chi connectivity index (χ4v) is 2.13. The average Bonchev–Trinajstić information content (AvgIpc) is 2.47. The van der Waals surface area contributed by atoms with Crippen LogP contribution in [-0.4, -0.2) is 97.1 Å². The van der Waals surface area contributed by atoms with Crippen molar-refractivity contribution in [2.75, 3.05) is 13.2 Å². The van der Waals surface area contributed by atoms with Gasteiger partial charge in [-0.3, -0.25) is 4.79 Å². The molecule has 1 fully saturated rings. The Balaban J connectivity index is 3.07. The number of rotatable bonds is 6. The fourth-order valence-electron chi connectivity index (χ4n) is 2.13. The summed E-state index contributed by atoms with van der Waals surface area (Å²) in [5, 5.41) is 67.5. The van der Waals surface area contributed by atoms with E-state index in [0.717, 1.165) is 0 Å². The van der Waals surface area contributed by atoms with Crippen molar-refractivity contribution >= 4 is 11.9 Å². The third kappa shape index (κ3) is 3.89. The third-order valence-electron chi connectivity index (χ3n) is 3.31. The molecule has 1 aliphatic heterocycles. The lowest BCUT2D eigenvalue weighted by atomic mass is 9.88. The zero-order chi connectivity index (χ0) is 17.1. The van der Waals surface area contributed by atoms with Crippen molar-refractivity contribution in [1.82, 2.24) is 5.32 Å². The van der Waals surface area contributed by atoms with Crippen molar-refractivity contribution < 1.29 is 50.1 Å². The lowest BCUT2D eigenvalue weighted by Gasteiger charge is -2.44. The van der Waals surface area contributed by atoms with Crippen LogP contribution in [-0.2, 0) is 14.3 Å². The lowest BCUT2D eigenvalue weighted by Crippen LogP contribution is -2.67. The van der Waals surface area contributed by atoms with Crippen molar-refractivity contribution in [3.05, 3.63) is 0 Å². The first-order valence-corrected chi connectivity index (χ1v) is 6.35. The number of carbonyl (C=O) groups excluding carboxylic acids is 1. The Bertz CT molecular complexity index is 418. The maximum absolute atomic E-state index is 11.2. The Morgan fingerprint density at radius 2 is 1.91 bits per heavy atom. The number of aliphatic hydroxyl groups is 6. The molecule has 0 aromatic rings. The molecule has 0 radical (unpaired) electrons. The summed E-state index contributed by atoms with van der Waals surface area (Å²) in [5.74, 6) is -5.64. The number of carboxylic acid groups (broad SMARTS) is 1. The molecule has 1 rings (SSSR count). The number of hydrogen-bond acceptors (Lipinski definition) is 9. The molecular weight excluding hydrogens is 306 g/mol. The molecule has 128 valence electrons. The maximum Gasteiger partial charge on any atom is 0.364 e. The number of ether oxygens (including phenoxy) is 1. The number of aliphatic carboxylic acids is 1. The molecule has 1 amide bonds. The van der Waals surface area contributed by atoms with Gasteiger partial charge in [-0.1, -0.05) is 0 Å². The molecular formula is C11H19NO10. The van der Waals surface area contributed by atoms with Crippen LogP contribution in [0.2, 0.25) is 0 Å². The maximum atomic E-state index is 11.2. The van der Waals surface area contributed by atoms with Crippen LogP contribution in [0.25, 0.3) is 0 Å². The van der Waals surface area contributed by atoms with Crippen LogP contribution in [0.4, 0.5) is 0 Å². The van der Waals surface area contributed by atoms with Gasteiger partial charge in [0.15, 0.2) is 0 Å². The van der Waals surface area contributed by atoms with E-state index in [1.54, 1.807) is 0 Å². The van der Waals surface area contributed by atoms with Crippen LogP contribution in [0, 0.1) is 0 Å². The number of carboxylic acids is 1. The van der Waals surface area contributed by atoms with E-state index >= 15 is 0 Å². The molecule has 11 nitrogen and oxygen atoms in total. The molecule has 8 N–H and O–H groups in total. The molecule has 6 atom stereocenters. The second-order valence-electron chi connectivity index (χ2n) is 4.94. The van der Waals surface area contributed by atoms with E-state index in [9.17, 15) is 30.0 Å². The Hall–Kier alpha value is -1.34. The summed E-state index contributed by atoms with van der Waals surface area (Å²) in [6, 6.07) is -1.42. The van der Waals surface area contributed by atoms with Crippen molar-refractivity contribution in [1.29, 1.82) is 0 Å². The van der Waals surface area contributed by atoms with E-state index in [0.29, 0.717) is 0 Å². The molecule has 1 saturated heterocycles. The summed E-state index contributed by atoms with van der Waals surface area (Å²) in [6.07, 6.45) is -7.92. The zero-order valence-electron chi connectivity index (χ0n) is 11.4. The second kappa shape index (κ2) is 7.28. The van der Waals surface area contributed by atoms with Gasteiger partial charge in [-0.15, -0.1) is 0 Å². The van der Waals surface area contributed by atoms with Crippen LogP contribution >= 0.6 is 0 Å². The van der Waals surface area contributed by atoms with Crippen LogP contribution in [0.1, 0.15) is 6.42 Å². The minimum Gasteiger partial charge on any atom is -0.477 e. The quantitative estimate of drug-likeness (QED) is 0.234. The summed E-state index contributed by atoms with van der Waals surface area (Å²) in [7, 11) is 0. The summed E-state index contributed by atoms with van der Waals surface area (Å²) >= 11 is 0. The minimum atomic E-state index is -2.85. The second-order valence-corrected chi connectivity index (χ2v) is 4.94. The Labute approximate surface area is 124 Å². The van der Waals surface area contributed by atoms with Gasteiger partial charge in [-0.05, 0) is 0 Å². The Kier molecular flexibility index (Phi) is 6.19. The topological polar surface area (TPSA) is 197 Å². The predicted octanol–water partition coefficient (Wildman–Crippen LogP) is -4.90. The van der Waals surface area contributed by atoms with E-state index in [1.165, 1.54) is 0 Å². The molecule has 1 heterocycles. The van der Waals surface area contributed by atoms with Crippen molar-refractivity contribution in [2.45, 2.75) is 42.7 Å². The molecule has 0 spiro atoms. The lowest BCUT2D eigenvalue weighted by molar-refractivity contribution is -0.295. The van der Waals surface area contributed by atoms with E-state index in [4.69, 9.17) is 20.1 Å². The van der Waals surface area contributed by atoms with Crippen LogP contribution < -0.4 is 5.32 Å². The highest BCUT2D eigenvalue weighted by atomic mass is 16.7. The van der Waals surface area contributed by atoms with E-state index in [2.05, 4.69) is 5.32 Å². The predicted molar refractivity (Wildman–Crippen MR) is 66.2 cm³/mol. The number of amides is 1.